The number of amides is 2. The topological polar surface area (TPSA) is 84.7 Å². The van der Waals surface area contributed by atoms with E-state index in [1.807, 2.05) is 30.3 Å². The molecular weight excluding hydrogens is 286 g/mol. The summed E-state index contributed by atoms with van der Waals surface area (Å²) in [6, 6.07) is 9.50. The molecular formula is C15H15N3O4. The molecule has 0 radical (unpaired) electrons. The average molecular weight is 301 g/mol. The molecule has 22 heavy (non-hydrogen) atoms. The number of hydrogen-bond acceptors (Lipinski definition) is 5. The molecule has 0 bridgehead atoms. The summed E-state index contributed by atoms with van der Waals surface area (Å²) in [4.78, 5) is 28.7. The average Bonchev–Trinajstić information content (AvgIpc) is 3.16. The highest BCUT2D eigenvalue weighted by molar-refractivity contribution is 5.82. The Kier molecular flexibility index (Phi) is 4.04. The lowest BCUT2D eigenvalue weighted by Crippen LogP contribution is -2.37. The summed E-state index contributed by atoms with van der Waals surface area (Å²) >= 11 is 0. The van der Waals surface area contributed by atoms with Crippen molar-refractivity contribution >= 4 is 12.0 Å². The van der Waals surface area contributed by atoms with Crippen LogP contribution < -0.4 is 5.32 Å². The third-order valence-corrected chi connectivity index (χ3v) is 3.22. The molecule has 1 aliphatic rings. The second-order valence-corrected chi connectivity index (χ2v) is 4.82. The molecule has 0 spiro atoms. The van der Waals surface area contributed by atoms with Crippen LogP contribution in [0.25, 0.3) is 11.5 Å². The maximum atomic E-state index is 11.8. The Bertz CT molecular complexity index is 668. The van der Waals surface area contributed by atoms with Gasteiger partial charge in [-0.15, -0.1) is 0 Å². The number of hydrogen-bond donors (Lipinski definition) is 1. The molecule has 1 saturated heterocycles. The number of rotatable bonds is 5. The third-order valence-electron chi connectivity index (χ3n) is 3.22. The quantitative estimate of drug-likeness (QED) is 0.902. The van der Waals surface area contributed by atoms with Crippen LogP contribution in [-0.4, -0.2) is 41.6 Å². The first-order chi connectivity index (χ1) is 10.7. The summed E-state index contributed by atoms with van der Waals surface area (Å²) < 4.78 is 10.1. The van der Waals surface area contributed by atoms with Crippen LogP contribution in [0.3, 0.4) is 0 Å². The molecule has 1 fully saturated rings. The van der Waals surface area contributed by atoms with E-state index < -0.39 is 6.09 Å². The number of benzene rings is 1. The van der Waals surface area contributed by atoms with Gasteiger partial charge in [0, 0.05) is 5.56 Å². The molecule has 1 aromatic carbocycles. The van der Waals surface area contributed by atoms with E-state index in [1.165, 1.54) is 11.2 Å². The van der Waals surface area contributed by atoms with Gasteiger partial charge in [-0.1, -0.05) is 18.2 Å². The van der Waals surface area contributed by atoms with Crippen LogP contribution >= 0.6 is 0 Å². The van der Waals surface area contributed by atoms with Crippen molar-refractivity contribution in [2.24, 2.45) is 0 Å². The van der Waals surface area contributed by atoms with Gasteiger partial charge >= 0.3 is 6.09 Å². The van der Waals surface area contributed by atoms with Gasteiger partial charge in [0.25, 0.3) is 0 Å². The van der Waals surface area contributed by atoms with Crippen molar-refractivity contribution in [2.75, 3.05) is 19.7 Å². The molecule has 0 atom stereocenters. The number of ether oxygens (including phenoxy) is 1. The van der Waals surface area contributed by atoms with E-state index in [1.54, 1.807) is 0 Å². The molecule has 1 N–H and O–H groups in total. The van der Waals surface area contributed by atoms with Crippen LogP contribution in [0.1, 0.15) is 5.69 Å². The Morgan fingerprint density at radius 2 is 2.14 bits per heavy atom. The van der Waals surface area contributed by atoms with E-state index >= 15 is 0 Å². The van der Waals surface area contributed by atoms with Crippen molar-refractivity contribution in [3.8, 4) is 11.5 Å². The van der Waals surface area contributed by atoms with Gasteiger partial charge in [-0.25, -0.2) is 9.78 Å². The Labute approximate surface area is 126 Å². The first kappa shape index (κ1) is 14.1. The van der Waals surface area contributed by atoms with E-state index in [2.05, 4.69) is 10.3 Å². The zero-order valence-corrected chi connectivity index (χ0v) is 11.8. The fourth-order valence-corrected chi connectivity index (χ4v) is 2.09. The summed E-state index contributed by atoms with van der Waals surface area (Å²) in [5.41, 5.74) is 1.50. The number of cyclic esters (lactones) is 1. The van der Waals surface area contributed by atoms with E-state index in [-0.39, 0.29) is 19.0 Å². The summed E-state index contributed by atoms with van der Waals surface area (Å²) in [7, 11) is 0. The number of nitrogens with one attached hydrogen (secondary N) is 1. The first-order valence-corrected chi connectivity index (χ1v) is 6.90. The Morgan fingerprint density at radius 1 is 1.32 bits per heavy atom. The maximum absolute atomic E-state index is 11.8. The molecule has 7 heteroatoms. The van der Waals surface area contributed by atoms with E-state index in [0.29, 0.717) is 24.7 Å². The van der Waals surface area contributed by atoms with Gasteiger partial charge in [0.1, 0.15) is 19.4 Å². The summed E-state index contributed by atoms with van der Waals surface area (Å²) in [6.07, 6.45) is 1.05. The fraction of sp³-hybridized carbons (Fsp3) is 0.267. The highest BCUT2D eigenvalue weighted by Crippen LogP contribution is 2.17. The molecule has 1 aromatic heterocycles. The number of nitrogens with zero attached hydrogens (tertiary/aromatic N) is 2. The predicted molar refractivity (Wildman–Crippen MR) is 76.7 cm³/mol. The zero-order valence-electron chi connectivity index (χ0n) is 11.8. The highest BCUT2D eigenvalue weighted by Gasteiger charge is 2.23. The molecule has 3 rings (SSSR count). The van der Waals surface area contributed by atoms with Crippen LogP contribution in [0.15, 0.2) is 41.0 Å². The molecule has 0 aliphatic carbocycles. The molecule has 0 saturated carbocycles. The van der Waals surface area contributed by atoms with Gasteiger partial charge in [-0.3, -0.25) is 9.69 Å². The molecule has 2 aromatic rings. The number of carbonyl (C=O) groups excluding carboxylic acids is 2. The number of carbonyl (C=O) groups is 2. The minimum Gasteiger partial charge on any atom is -0.448 e. The molecule has 114 valence electrons. The molecule has 2 amide bonds. The predicted octanol–water partition coefficient (Wildman–Crippen LogP) is 1.41. The van der Waals surface area contributed by atoms with Crippen LogP contribution in [0.5, 0.6) is 0 Å². The lowest BCUT2D eigenvalue weighted by atomic mass is 10.2. The van der Waals surface area contributed by atoms with Gasteiger partial charge in [-0.05, 0) is 12.1 Å². The minimum absolute atomic E-state index is 0.0117. The van der Waals surface area contributed by atoms with Gasteiger partial charge < -0.3 is 14.5 Å². The van der Waals surface area contributed by atoms with Gasteiger partial charge in [-0.2, -0.15) is 0 Å². The van der Waals surface area contributed by atoms with Crippen LogP contribution in [0.4, 0.5) is 4.79 Å². The lowest BCUT2D eigenvalue weighted by molar-refractivity contribution is -0.121. The van der Waals surface area contributed by atoms with Gasteiger partial charge in [0.2, 0.25) is 11.8 Å². The minimum atomic E-state index is -0.456. The fourth-order valence-electron chi connectivity index (χ4n) is 2.09. The van der Waals surface area contributed by atoms with Crippen molar-refractivity contribution in [2.45, 2.75) is 6.54 Å². The summed E-state index contributed by atoms with van der Waals surface area (Å²) in [5.74, 6) is 0.246. The monoisotopic (exact) mass is 301 g/mol. The molecule has 7 nitrogen and oxygen atoms in total. The normalized spacial score (nSPS) is 14.0. The third kappa shape index (κ3) is 3.25. The Morgan fingerprint density at radius 3 is 2.86 bits per heavy atom. The van der Waals surface area contributed by atoms with Crippen molar-refractivity contribution in [1.82, 2.24) is 15.2 Å². The van der Waals surface area contributed by atoms with E-state index in [9.17, 15) is 9.59 Å². The van der Waals surface area contributed by atoms with Gasteiger partial charge in [0.15, 0.2) is 0 Å². The Balaban J connectivity index is 1.52. The van der Waals surface area contributed by atoms with Crippen LogP contribution in [0, 0.1) is 0 Å². The van der Waals surface area contributed by atoms with Crippen molar-refractivity contribution in [3.05, 3.63) is 42.3 Å². The second kappa shape index (κ2) is 6.30. The summed E-state index contributed by atoms with van der Waals surface area (Å²) in [6.45, 7) is 1.00. The largest absolute Gasteiger partial charge is 0.448 e. The maximum Gasteiger partial charge on any atom is 0.410 e. The van der Waals surface area contributed by atoms with Crippen LogP contribution in [0.2, 0.25) is 0 Å². The molecule has 2 heterocycles. The van der Waals surface area contributed by atoms with Crippen molar-refractivity contribution in [1.29, 1.82) is 0 Å². The number of oxazole rings is 1. The van der Waals surface area contributed by atoms with Crippen LogP contribution in [-0.2, 0) is 16.1 Å². The SMILES string of the molecule is O=C(CN1CCOC1=O)NCc1coc(-c2ccccc2)n1. The second-order valence-electron chi connectivity index (χ2n) is 4.82. The zero-order chi connectivity index (χ0) is 15.4. The van der Waals surface area contributed by atoms with Crippen molar-refractivity contribution in [3.63, 3.8) is 0 Å². The standard InChI is InChI=1S/C15H15N3O4/c19-13(9-18-6-7-21-15(18)20)16-8-12-10-22-14(17-12)11-4-2-1-3-5-11/h1-5,10H,6-9H2,(H,16,19). The summed E-state index contributed by atoms with van der Waals surface area (Å²) in [5, 5.41) is 2.70. The molecule has 0 unspecified atom stereocenters. The van der Waals surface area contributed by atoms with E-state index in [0.717, 1.165) is 5.56 Å². The van der Waals surface area contributed by atoms with Crippen molar-refractivity contribution < 1.29 is 18.7 Å². The molecule has 1 aliphatic heterocycles. The van der Waals surface area contributed by atoms with Gasteiger partial charge in [0.05, 0.1) is 18.8 Å². The number of aromatic nitrogens is 1. The Hall–Kier alpha value is -2.83. The van der Waals surface area contributed by atoms with E-state index in [4.69, 9.17) is 9.15 Å². The highest BCUT2D eigenvalue weighted by atomic mass is 16.6. The lowest BCUT2D eigenvalue weighted by Gasteiger charge is -2.11. The first-order valence-electron chi connectivity index (χ1n) is 6.90. The smallest absolute Gasteiger partial charge is 0.410 e.